The van der Waals surface area contributed by atoms with Gasteiger partial charge in [-0.2, -0.15) is 4.98 Å². The summed E-state index contributed by atoms with van der Waals surface area (Å²) in [6, 6.07) is 15.9. The number of methoxy groups -OCH3 is 2. The van der Waals surface area contributed by atoms with Gasteiger partial charge in [0.2, 0.25) is 11.7 Å². The summed E-state index contributed by atoms with van der Waals surface area (Å²) in [4.78, 5) is 7.03. The van der Waals surface area contributed by atoms with E-state index in [1.807, 2.05) is 36.4 Å². The van der Waals surface area contributed by atoms with E-state index in [4.69, 9.17) is 14.0 Å². The lowest BCUT2D eigenvalue weighted by molar-refractivity contribution is 0.308. The standard InChI is InChI=1S/C21H23N3O3/c1-25-18-8-6-16(7-9-18)20-22-21(27-23-20)17-10-11-24(14-17)13-15-4-3-5-19(12-15)26-2/h3-9,12,17H,10-11,13-14H2,1-2H3/t17-/m1/s1. The summed E-state index contributed by atoms with van der Waals surface area (Å²) in [5, 5.41) is 4.16. The van der Waals surface area contributed by atoms with Crippen molar-refractivity contribution in [3.05, 3.63) is 60.0 Å². The molecular weight excluding hydrogens is 342 g/mol. The van der Waals surface area contributed by atoms with Gasteiger partial charge in [-0.15, -0.1) is 0 Å². The average Bonchev–Trinajstić information content (AvgIpc) is 3.38. The highest BCUT2D eigenvalue weighted by Crippen LogP contribution is 2.29. The maximum Gasteiger partial charge on any atom is 0.231 e. The van der Waals surface area contributed by atoms with E-state index in [2.05, 4.69) is 27.2 Å². The molecule has 140 valence electrons. The zero-order valence-electron chi connectivity index (χ0n) is 15.6. The molecule has 27 heavy (non-hydrogen) atoms. The molecule has 0 N–H and O–H groups in total. The van der Waals surface area contributed by atoms with Gasteiger partial charge in [0.25, 0.3) is 0 Å². The van der Waals surface area contributed by atoms with E-state index in [0.29, 0.717) is 11.7 Å². The Bertz CT molecular complexity index is 892. The van der Waals surface area contributed by atoms with Gasteiger partial charge in [0.1, 0.15) is 11.5 Å². The van der Waals surface area contributed by atoms with E-state index < -0.39 is 0 Å². The summed E-state index contributed by atoms with van der Waals surface area (Å²) in [5.41, 5.74) is 2.18. The lowest BCUT2D eigenvalue weighted by atomic mass is 10.1. The summed E-state index contributed by atoms with van der Waals surface area (Å²) in [6.45, 7) is 2.83. The van der Waals surface area contributed by atoms with E-state index in [1.54, 1.807) is 14.2 Å². The monoisotopic (exact) mass is 365 g/mol. The Morgan fingerprint density at radius 3 is 2.67 bits per heavy atom. The SMILES string of the molecule is COc1ccc(-c2noc([C@@H]3CCN(Cc4cccc(OC)c4)C3)n2)cc1. The van der Waals surface area contributed by atoms with Crippen LogP contribution in [0.15, 0.2) is 53.1 Å². The quantitative estimate of drug-likeness (QED) is 0.663. The molecule has 1 atom stereocenters. The third-order valence-electron chi connectivity index (χ3n) is 4.95. The van der Waals surface area contributed by atoms with E-state index in [1.165, 1.54) is 5.56 Å². The number of nitrogens with zero attached hydrogens (tertiary/aromatic N) is 3. The van der Waals surface area contributed by atoms with Crippen LogP contribution in [0.2, 0.25) is 0 Å². The molecular formula is C21H23N3O3. The molecule has 0 bridgehead atoms. The van der Waals surface area contributed by atoms with E-state index in [9.17, 15) is 0 Å². The topological polar surface area (TPSA) is 60.6 Å². The van der Waals surface area contributed by atoms with E-state index in [-0.39, 0.29) is 5.92 Å². The van der Waals surface area contributed by atoms with Crippen LogP contribution < -0.4 is 9.47 Å². The molecule has 1 aliphatic heterocycles. The first-order valence-corrected chi connectivity index (χ1v) is 9.08. The first-order valence-electron chi connectivity index (χ1n) is 9.08. The van der Waals surface area contributed by atoms with Crippen molar-refractivity contribution in [1.29, 1.82) is 0 Å². The summed E-state index contributed by atoms with van der Waals surface area (Å²) >= 11 is 0. The minimum absolute atomic E-state index is 0.273. The number of ether oxygens (including phenoxy) is 2. The van der Waals surface area contributed by atoms with Crippen LogP contribution in [-0.4, -0.2) is 42.3 Å². The molecule has 1 fully saturated rings. The minimum Gasteiger partial charge on any atom is -0.497 e. The predicted octanol–water partition coefficient (Wildman–Crippen LogP) is 3.74. The third kappa shape index (κ3) is 3.95. The summed E-state index contributed by atoms with van der Waals surface area (Å²) < 4.78 is 16.1. The van der Waals surface area contributed by atoms with Crippen molar-refractivity contribution in [3.8, 4) is 22.9 Å². The Balaban J connectivity index is 1.40. The van der Waals surface area contributed by atoms with Gasteiger partial charge >= 0.3 is 0 Å². The first-order chi connectivity index (χ1) is 13.2. The van der Waals surface area contributed by atoms with Crippen LogP contribution in [0, 0.1) is 0 Å². The zero-order chi connectivity index (χ0) is 18.6. The Labute approximate surface area is 158 Å². The maximum atomic E-state index is 5.56. The largest absolute Gasteiger partial charge is 0.497 e. The van der Waals surface area contributed by atoms with E-state index in [0.717, 1.165) is 43.1 Å². The molecule has 3 aromatic rings. The third-order valence-corrected chi connectivity index (χ3v) is 4.95. The Hall–Kier alpha value is -2.86. The molecule has 6 heteroatoms. The average molecular weight is 365 g/mol. The van der Waals surface area contributed by atoms with Crippen LogP contribution in [0.25, 0.3) is 11.4 Å². The zero-order valence-corrected chi connectivity index (χ0v) is 15.6. The Morgan fingerprint density at radius 2 is 1.89 bits per heavy atom. The van der Waals surface area contributed by atoms with Crippen molar-refractivity contribution in [2.75, 3.05) is 27.3 Å². The number of likely N-dealkylation sites (tertiary alicyclic amines) is 1. The number of hydrogen-bond acceptors (Lipinski definition) is 6. The summed E-state index contributed by atoms with van der Waals surface area (Å²) in [5.74, 6) is 3.32. The van der Waals surface area contributed by atoms with Gasteiger partial charge in [0.15, 0.2) is 0 Å². The molecule has 2 heterocycles. The van der Waals surface area contributed by atoms with Crippen LogP contribution in [-0.2, 0) is 6.54 Å². The number of aromatic nitrogens is 2. The summed E-state index contributed by atoms with van der Waals surface area (Å²) in [7, 11) is 3.35. The fraction of sp³-hybridized carbons (Fsp3) is 0.333. The van der Waals surface area contributed by atoms with Gasteiger partial charge in [0, 0.05) is 18.7 Å². The van der Waals surface area contributed by atoms with Crippen molar-refractivity contribution in [2.45, 2.75) is 18.9 Å². The first kappa shape index (κ1) is 17.5. The minimum atomic E-state index is 0.273. The molecule has 0 amide bonds. The lowest BCUT2D eigenvalue weighted by Crippen LogP contribution is -2.19. The van der Waals surface area contributed by atoms with Gasteiger partial charge in [0.05, 0.1) is 20.1 Å². The van der Waals surface area contributed by atoms with Crippen molar-refractivity contribution in [1.82, 2.24) is 15.0 Å². The van der Waals surface area contributed by atoms with Crippen LogP contribution in [0.4, 0.5) is 0 Å². The molecule has 2 aromatic carbocycles. The molecule has 0 spiro atoms. The van der Waals surface area contributed by atoms with Gasteiger partial charge in [-0.05, 0) is 54.9 Å². The second kappa shape index (κ2) is 7.80. The lowest BCUT2D eigenvalue weighted by Gasteiger charge is -2.15. The number of benzene rings is 2. The predicted molar refractivity (Wildman–Crippen MR) is 102 cm³/mol. The molecule has 0 radical (unpaired) electrons. The van der Waals surface area contributed by atoms with Gasteiger partial charge in [-0.3, -0.25) is 4.90 Å². The Morgan fingerprint density at radius 1 is 1.07 bits per heavy atom. The highest BCUT2D eigenvalue weighted by atomic mass is 16.5. The molecule has 6 nitrogen and oxygen atoms in total. The maximum absolute atomic E-state index is 5.56. The molecule has 0 unspecified atom stereocenters. The van der Waals surface area contributed by atoms with Gasteiger partial charge in [-0.25, -0.2) is 0 Å². The molecule has 1 aromatic heterocycles. The smallest absolute Gasteiger partial charge is 0.231 e. The normalized spacial score (nSPS) is 17.2. The molecule has 0 saturated carbocycles. The highest BCUT2D eigenvalue weighted by Gasteiger charge is 2.28. The second-order valence-corrected chi connectivity index (χ2v) is 6.76. The Kier molecular flexibility index (Phi) is 5.07. The fourth-order valence-corrected chi connectivity index (χ4v) is 3.47. The van der Waals surface area contributed by atoms with Crippen molar-refractivity contribution < 1.29 is 14.0 Å². The van der Waals surface area contributed by atoms with Crippen LogP contribution >= 0.6 is 0 Å². The number of hydrogen-bond donors (Lipinski definition) is 0. The number of rotatable bonds is 6. The van der Waals surface area contributed by atoms with Crippen molar-refractivity contribution >= 4 is 0 Å². The molecule has 1 saturated heterocycles. The molecule has 0 aliphatic carbocycles. The van der Waals surface area contributed by atoms with Crippen molar-refractivity contribution in [2.24, 2.45) is 0 Å². The van der Waals surface area contributed by atoms with Gasteiger partial charge < -0.3 is 14.0 Å². The van der Waals surface area contributed by atoms with E-state index >= 15 is 0 Å². The molecule has 4 rings (SSSR count). The van der Waals surface area contributed by atoms with Crippen LogP contribution in [0.5, 0.6) is 11.5 Å². The molecule has 1 aliphatic rings. The van der Waals surface area contributed by atoms with Crippen LogP contribution in [0.1, 0.15) is 23.8 Å². The highest BCUT2D eigenvalue weighted by molar-refractivity contribution is 5.55. The second-order valence-electron chi connectivity index (χ2n) is 6.76. The van der Waals surface area contributed by atoms with Gasteiger partial charge in [-0.1, -0.05) is 17.3 Å². The van der Waals surface area contributed by atoms with Crippen molar-refractivity contribution in [3.63, 3.8) is 0 Å². The van der Waals surface area contributed by atoms with Crippen LogP contribution in [0.3, 0.4) is 0 Å². The fourth-order valence-electron chi connectivity index (χ4n) is 3.47. The summed E-state index contributed by atoms with van der Waals surface area (Å²) in [6.07, 6.45) is 1.02.